The lowest BCUT2D eigenvalue weighted by molar-refractivity contribution is -0.122. The van der Waals surface area contributed by atoms with E-state index in [4.69, 9.17) is 0 Å². The van der Waals surface area contributed by atoms with Crippen LogP contribution < -0.4 is 4.90 Å². The number of amides is 2. The lowest BCUT2D eigenvalue weighted by atomic mass is 9.54. The SMILES string of the molecule is O=C1[C@H]2[C@H](C(=O)N1c1ccc3ccccc3c1)C1(Br)c3ccccc3C2(Br)c2ccccc21. The molecule has 3 nitrogen and oxygen atoms in total. The summed E-state index contributed by atoms with van der Waals surface area (Å²) < 4.78 is -1.53. The molecule has 33 heavy (non-hydrogen) atoms. The van der Waals surface area contributed by atoms with Crippen molar-refractivity contribution in [2.24, 2.45) is 11.8 Å². The zero-order valence-corrected chi connectivity index (χ0v) is 20.5. The van der Waals surface area contributed by atoms with Gasteiger partial charge < -0.3 is 0 Å². The summed E-state index contributed by atoms with van der Waals surface area (Å²) in [5.74, 6) is -1.43. The summed E-state index contributed by atoms with van der Waals surface area (Å²) in [4.78, 5) is 29.6. The molecule has 0 spiro atoms. The molecule has 1 saturated heterocycles. The Morgan fingerprint density at radius 2 is 1.00 bits per heavy atom. The van der Waals surface area contributed by atoms with Gasteiger partial charge in [-0.05, 0) is 45.2 Å². The third kappa shape index (κ3) is 2.20. The van der Waals surface area contributed by atoms with Gasteiger partial charge in [-0.1, -0.05) is 111 Å². The number of imide groups is 1. The third-order valence-corrected chi connectivity index (χ3v) is 10.3. The summed E-state index contributed by atoms with van der Waals surface area (Å²) in [7, 11) is 0. The average molecular weight is 559 g/mol. The molecule has 3 aliphatic carbocycles. The lowest BCUT2D eigenvalue weighted by Crippen LogP contribution is -2.56. The first-order valence-corrected chi connectivity index (χ1v) is 12.5. The second-order valence-corrected chi connectivity index (χ2v) is 11.5. The highest BCUT2D eigenvalue weighted by Gasteiger charge is 2.72. The number of rotatable bonds is 1. The van der Waals surface area contributed by atoms with Gasteiger partial charge in [0.15, 0.2) is 0 Å². The lowest BCUT2D eigenvalue weighted by Gasteiger charge is -2.55. The van der Waals surface area contributed by atoms with Crippen LogP contribution in [0.1, 0.15) is 22.3 Å². The van der Waals surface area contributed by atoms with Crippen molar-refractivity contribution in [1.29, 1.82) is 0 Å². The predicted molar refractivity (Wildman–Crippen MR) is 136 cm³/mol. The number of carbonyl (C=O) groups is 2. The van der Waals surface area contributed by atoms with Crippen molar-refractivity contribution >= 4 is 60.1 Å². The van der Waals surface area contributed by atoms with Gasteiger partial charge in [0.2, 0.25) is 11.8 Å². The van der Waals surface area contributed by atoms with Crippen LogP contribution in [0.2, 0.25) is 0 Å². The Balaban J connectivity index is 1.49. The molecule has 5 heteroatoms. The number of halogens is 2. The quantitative estimate of drug-likeness (QED) is 0.204. The zero-order chi connectivity index (χ0) is 22.5. The van der Waals surface area contributed by atoms with Crippen LogP contribution in [0.5, 0.6) is 0 Å². The van der Waals surface area contributed by atoms with Crippen LogP contribution >= 0.6 is 31.9 Å². The molecule has 4 aromatic carbocycles. The first kappa shape index (κ1) is 19.7. The molecule has 1 heterocycles. The number of nitrogens with zero attached hydrogens (tertiary/aromatic N) is 1. The molecule has 0 saturated carbocycles. The summed E-state index contributed by atoms with van der Waals surface area (Å²) in [5, 5.41) is 2.08. The van der Waals surface area contributed by atoms with E-state index in [1.54, 1.807) is 0 Å². The van der Waals surface area contributed by atoms with Crippen LogP contribution in [0.4, 0.5) is 5.69 Å². The van der Waals surface area contributed by atoms with Gasteiger partial charge in [-0.2, -0.15) is 0 Å². The van der Waals surface area contributed by atoms with Gasteiger partial charge in [0.05, 0.1) is 26.2 Å². The van der Waals surface area contributed by atoms with Crippen LogP contribution in [0, 0.1) is 11.8 Å². The molecular weight excluding hydrogens is 542 g/mol. The summed E-state index contributed by atoms with van der Waals surface area (Å²) in [6.45, 7) is 0. The highest BCUT2D eigenvalue weighted by molar-refractivity contribution is 9.10. The standard InChI is InChI=1S/C28H17Br2NO2/c29-27-19-9-3-4-10-20(19)28(30,22-12-6-5-11-21(22)27)24-23(27)25(32)31(26(24)33)18-14-13-16-7-1-2-8-17(16)15-18/h1-15,23-24H/t23-,24-,27?,28?/m1/s1. The van der Waals surface area contributed by atoms with Crippen molar-refractivity contribution in [3.8, 4) is 0 Å². The number of fused-ring (bicyclic) bond motifs is 1. The Morgan fingerprint density at radius 3 is 1.48 bits per heavy atom. The molecule has 0 radical (unpaired) electrons. The van der Waals surface area contributed by atoms with Crippen molar-refractivity contribution < 1.29 is 9.59 Å². The summed E-state index contributed by atoms with van der Waals surface area (Å²) >= 11 is 8.10. The van der Waals surface area contributed by atoms with Gasteiger partial charge in [0.25, 0.3) is 0 Å². The van der Waals surface area contributed by atoms with E-state index < -0.39 is 20.5 Å². The van der Waals surface area contributed by atoms with E-state index in [-0.39, 0.29) is 11.8 Å². The molecule has 2 amide bonds. The normalized spacial score (nSPS) is 29.2. The first-order valence-electron chi connectivity index (χ1n) is 10.9. The van der Waals surface area contributed by atoms with Gasteiger partial charge in [-0.15, -0.1) is 0 Å². The summed E-state index contributed by atoms with van der Waals surface area (Å²) in [6, 6.07) is 30.1. The van der Waals surface area contributed by atoms with E-state index in [1.807, 2.05) is 66.7 Å². The minimum absolute atomic E-state index is 0.162. The minimum Gasteiger partial charge on any atom is -0.274 e. The molecule has 0 N–H and O–H groups in total. The van der Waals surface area contributed by atoms with E-state index in [0.717, 1.165) is 33.0 Å². The Kier molecular flexibility index (Phi) is 3.83. The van der Waals surface area contributed by atoms with Crippen LogP contribution in [-0.2, 0) is 18.2 Å². The van der Waals surface area contributed by atoms with E-state index in [2.05, 4.69) is 56.1 Å². The molecular formula is C28H17Br2NO2. The number of hydrogen-bond acceptors (Lipinski definition) is 2. The summed E-state index contributed by atoms with van der Waals surface area (Å²) in [6.07, 6.45) is 0. The van der Waals surface area contributed by atoms with Gasteiger partial charge in [-0.3, -0.25) is 9.59 Å². The Bertz CT molecular complexity index is 1410. The third-order valence-electron chi connectivity index (χ3n) is 7.58. The Morgan fingerprint density at radius 1 is 0.576 bits per heavy atom. The fraction of sp³-hybridized carbons (Fsp3) is 0.143. The fourth-order valence-corrected chi connectivity index (χ4v) is 8.54. The van der Waals surface area contributed by atoms with E-state index in [1.165, 1.54) is 4.90 Å². The van der Waals surface area contributed by atoms with Gasteiger partial charge in [0, 0.05) is 0 Å². The smallest absolute Gasteiger partial charge is 0.239 e. The van der Waals surface area contributed by atoms with Crippen molar-refractivity contribution in [1.82, 2.24) is 0 Å². The van der Waals surface area contributed by atoms with Crippen molar-refractivity contribution in [3.63, 3.8) is 0 Å². The molecule has 4 aromatic rings. The maximum Gasteiger partial charge on any atom is 0.239 e. The van der Waals surface area contributed by atoms with E-state index >= 15 is 0 Å². The van der Waals surface area contributed by atoms with Crippen LogP contribution in [0.15, 0.2) is 91.0 Å². The Labute approximate surface area is 207 Å². The van der Waals surface area contributed by atoms with Crippen LogP contribution in [0.3, 0.4) is 0 Å². The second-order valence-electron chi connectivity index (χ2n) is 9.01. The van der Waals surface area contributed by atoms with Crippen LogP contribution in [-0.4, -0.2) is 11.8 Å². The molecule has 2 bridgehead atoms. The summed E-state index contributed by atoms with van der Waals surface area (Å²) in [5.41, 5.74) is 4.80. The largest absolute Gasteiger partial charge is 0.274 e. The molecule has 1 fully saturated rings. The molecule has 160 valence electrons. The number of alkyl halides is 2. The molecule has 4 aliphatic rings. The second kappa shape index (κ2) is 6.43. The fourth-order valence-electron chi connectivity index (χ4n) is 6.24. The topological polar surface area (TPSA) is 37.4 Å². The van der Waals surface area contributed by atoms with Crippen molar-refractivity contribution in [2.45, 2.75) is 8.65 Å². The molecule has 2 atom stereocenters. The van der Waals surface area contributed by atoms with Gasteiger partial charge in [-0.25, -0.2) is 4.90 Å². The number of carbonyl (C=O) groups excluding carboxylic acids is 2. The highest BCUT2D eigenvalue weighted by Crippen LogP contribution is 2.70. The molecule has 8 rings (SSSR count). The Hall–Kier alpha value is -2.76. The molecule has 1 aliphatic heterocycles. The monoisotopic (exact) mass is 557 g/mol. The average Bonchev–Trinajstić information content (AvgIpc) is 3.13. The molecule has 0 unspecified atom stereocenters. The van der Waals surface area contributed by atoms with Gasteiger partial charge >= 0.3 is 0 Å². The van der Waals surface area contributed by atoms with E-state index in [9.17, 15) is 9.59 Å². The predicted octanol–water partition coefficient (Wildman–Crippen LogP) is 6.25. The first-order chi connectivity index (χ1) is 16.0. The van der Waals surface area contributed by atoms with E-state index in [0.29, 0.717) is 5.69 Å². The highest BCUT2D eigenvalue weighted by atomic mass is 79.9. The molecule has 0 aromatic heterocycles. The van der Waals surface area contributed by atoms with Crippen LogP contribution in [0.25, 0.3) is 10.8 Å². The number of hydrogen-bond donors (Lipinski definition) is 0. The maximum absolute atomic E-state index is 14.1. The maximum atomic E-state index is 14.1. The number of benzene rings is 4. The number of anilines is 1. The van der Waals surface area contributed by atoms with Gasteiger partial charge in [0.1, 0.15) is 0 Å². The zero-order valence-electron chi connectivity index (χ0n) is 17.3. The minimum atomic E-state index is -0.765. The van der Waals surface area contributed by atoms with Crippen molar-refractivity contribution in [3.05, 3.63) is 113 Å². The van der Waals surface area contributed by atoms with Crippen molar-refractivity contribution in [2.75, 3.05) is 4.90 Å².